The summed E-state index contributed by atoms with van der Waals surface area (Å²) < 4.78 is 0. The van der Waals surface area contributed by atoms with Crippen LogP contribution in [0.3, 0.4) is 0 Å². The van der Waals surface area contributed by atoms with Crippen molar-refractivity contribution in [2.24, 2.45) is 0 Å². The predicted molar refractivity (Wildman–Crippen MR) is 65.3 cm³/mol. The Morgan fingerprint density at radius 3 is 2.81 bits per heavy atom. The van der Waals surface area contributed by atoms with Gasteiger partial charge in [0.2, 0.25) is 0 Å². The molecule has 2 heterocycles. The van der Waals surface area contributed by atoms with E-state index in [-0.39, 0.29) is 0 Å². The Morgan fingerprint density at radius 2 is 2.25 bits per heavy atom. The summed E-state index contributed by atoms with van der Waals surface area (Å²) in [5.74, 6) is 0. The van der Waals surface area contributed by atoms with Crippen molar-refractivity contribution in [1.29, 1.82) is 5.26 Å². The molecule has 0 unspecified atom stereocenters. The maximum absolute atomic E-state index is 9.09. The van der Waals surface area contributed by atoms with Crippen molar-refractivity contribution in [1.82, 2.24) is 9.97 Å². The van der Waals surface area contributed by atoms with E-state index in [0.29, 0.717) is 0 Å². The van der Waals surface area contributed by atoms with Crippen molar-refractivity contribution < 1.29 is 0 Å². The Kier molecular flexibility index (Phi) is 2.56. The van der Waals surface area contributed by atoms with E-state index in [9.17, 15) is 0 Å². The largest absolute Gasteiger partial charge is 0.367 e. The molecule has 0 saturated heterocycles. The fraction of sp³-hybridized carbons (Fsp3) is 0.333. The van der Waals surface area contributed by atoms with Crippen molar-refractivity contribution in [2.45, 2.75) is 26.2 Å². The molecule has 1 N–H and O–H groups in total. The first-order chi connectivity index (χ1) is 7.54. The van der Waals surface area contributed by atoms with Crippen LogP contribution in [0.5, 0.6) is 0 Å². The summed E-state index contributed by atoms with van der Waals surface area (Å²) in [6, 6.07) is 4.27. The van der Waals surface area contributed by atoms with E-state index in [2.05, 4.69) is 16.0 Å². The molecule has 82 valence electrons. The summed E-state index contributed by atoms with van der Waals surface area (Å²) in [6.45, 7) is 5.83. The Balaban J connectivity index is 2.49. The van der Waals surface area contributed by atoms with Gasteiger partial charge in [-0.1, -0.05) is 0 Å². The number of rotatable bonds is 2. The molecule has 2 rings (SSSR count). The molecule has 0 spiro atoms. The number of thiazole rings is 1. The Labute approximate surface area is 98.8 Å². The third kappa shape index (κ3) is 1.74. The first kappa shape index (κ1) is 10.9. The summed E-state index contributed by atoms with van der Waals surface area (Å²) in [5.41, 5.74) is 1.54. The summed E-state index contributed by atoms with van der Waals surface area (Å²) in [7, 11) is 0. The fourth-order valence-corrected chi connectivity index (χ4v) is 2.44. The molecule has 2 aromatic heterocycles. The van der Waals surface area contributed by atoms with E-state index in [1.807, 2.05) is 39.2 Å². The van der Waals surface area contributed by atoms with Gasteiger partial charge in [0.05, 0.1) is 11.8 Å². The molecule has 0 bridgehead atoms. The van der Waals surface area contributed by atoms with Crippen LogP contribution in [-0.4, -0.2) is 9.97 Å². The van der Waals surface area contributed by atoms with Crippen molar-refractivity contribution in [2.75, 3.05) is 0 Å². The molecule has 3 nitrogen and oxygen atoms in total. The molecule has 0 aliphatic carbocycles. The molecule has 0 aliphatic heterocycles. The van der Waals surface area contributed by atoms with Crippen LogP contribution in [0.15, 0.2) is 18.5 Å². The van der Waals surface area contributed by atoms with E-state index >= 15 is 0 Å². The third-order valence-corrected chi connectivity index (χ3v) is 3.78. The Bertz CT molecular complexity index is 529. The summed E-state index contributed by atoms with van der Waals surface area (Å²) in [6.07, 6.45) is 3.80. The zero-order chi connectivity index (χ0) is 11.8. The van der Waals surface area contributed by atoms with Crippen molar-refractivity contribution >= 4 is 11.3 Å². The number of aryl methyl sites for hydroxylation is 1. The van der Waals surface area contributed by atoms with Gasteiger partial charge in [-0.05, 0) is 26.8 Å². The van der Waals surface area contributed by atoms with Gasteiger partial charge in [0.25, 0.3) is 0 Å². The van der Waals surface area contributed by atoms with Gasteiger partial charge in [-0.2, -0.15) is 5.26 Å². The van der Waals surface area contributed by atoms with E-state index in [1.165, 1.54) is 0 Å². The van der Waals surface area contributed by atoms with E-state index in [1.54, 1.807) is 11.3 Å². The molecule has 4 heteroatoms. The second-order valence-electron chi connectivity index (χ2n) is 4.26. The molecule has 0 saturated carbocycles. The molecular formula is C12H13N3S. The molecular weight excluding hydrogens is 218 g/mol. The second-order valence-corrected chi connectivity index (χ2v) is 5.46. The lowest BCUT2D eigenvalue weighted by Crippen LogP contribution is -2.13. The number of aromatic amines is 1. The lowest BCUT2D eigenvalue weighted by Gasteiger charge is -2.09. The number of nitriles is 1. The lowest BCUT2D eigenvalue weighted by atomic mass is 9.97. The standard InChI is InChI=1S/C12H13N3S/c1-8-10(9-4-5-14-6-9)15-11(16-8)12(2,3)7-13/h4-6,14H,1-3H3. The van der Waals surface area contributed by atoms with Gasteiger partial charge in [0.15, 0.2) is 0 Å². The monoisotopic (exact) mass is 231 g/mol. The zero-order valence-corrected chi connectivity index (χ0v) is 10.4. The first-order valence-electron chi connectivity index (χ1n) is 5.07. The number of nitrogens with zero attached hydrogens (tertiary/aromatic N) is 2. The molecule has 16 heavy (non-hydrogen) atoms. The predicted octanol–water partition coefficient (Wildman–Crippen LogP) is 3.25. The van der Waals surface area contributed by atoms with Crippen LogP contribution < -0.4 is 0 Å². The molecule has 0 amide bonds. The average Bonchev–Trinajstić information content (AvgIpc) is 2.86. The number of H-pyrrole nitrogens is 1. The van der Waals surface area contributed by atoms with Crippen LogP contribution >= 0.6 is 11.3 Å². The molecule has 0 radical (unpaired) electrons. The van der Waals surface area contributed by atoms with Crippen LogP contribution in [0.2, 0.25) is 0 Å². The summed E-state index contributed by atoms with van der Waals surface area (Å²) in [4.78, 5) is 8.74. The molecule has 0 aromatic carbocycles. The minimum Gasteiger partial charge on any atom is -0.367 e. The second kappa shape index (κ2) is 3.76. The highest BCUT2D eigenvalue weighted by Gasteiger charge is 2.25. The van der Waals surface area contributed by atoms with Gasteiger partial charge >= 0.3 is 0 Å². The number of hydrogen-bond acceptors (Lipinski definition) is 3. The first-order valence-corrected chi connectivity index (χ1v) is 5.88. The molecule has 0 fully saturated rings. The quantitative estimate of drug-likeness (QED) is 0.862. The van der Waals surface area contributed by atoms with Crippen LogP contribution in [0.1, 0.15) is 23.7 Å². The third-order valence-electron chi connectivity index (χ3n) is 2.48. The van der Waals surface area contributed by atoms with Crippen molar-refractivity contribution in [3.63, 3.8) is 0 Å². The highest BCUT2D eigenvalue weighted by molar-refractivity contribution is 7.12. The van der Waals surface area contributed by atoms with E-state index in [0.717, 1.165) is 21.1 Å². The smallest absolute Gasteiger partial charge is 0.113 e. The minimum atomic E-state index is -0.510. The molecule has 2 aromatic rings. The zero-order valence-electron chi connectivity index (χ0n) is 9.53. The average molecular weight is 231 g/mol. The highest BCUT2D eigenvalue weighted by atomic mass is 32.1. The van der Waals surface area contributed by atoms with Gasteiger partial charge in [-0.3, -0.25) is 0 Å². The van der Waals surface area contributed by atoms with Crippen LogP contribution in [0, 0.1) is 18.3 Å². The highest BCUT2D eigenvalue weighted by Crippen LogP contribution is 2.33. The number of aromatic nitrogens is 2. The summed E-state index contributed by atoms with van der Waals surface area (Å²) >= 11 is 1.60. The lowest BCUT2D eigenvalue weighted by molar-refractivity contribution is 0.680. The van der Waals surface area contributed by atoms with Gasteiger partial charge < -0.3 is 4.98 Å². The van der Waals surface area contributed by atoms with Gasteiger partial charge in [0, 0.05) is 22.8 Å². The van der Waals surface area contributed by atoms with Crippen molar-refractivity contribution in [3.8, 4) is 17.3 Å². The minimum absolute atomic E-state index is 0.510. The van der Waals surface area contributed by atoms with Crippen LogP contribution in [-0.2, 0) is 5.41 Å². The maximum atomic E-state index is 9.09. The SMILES string of the molecule is Cc1sc(C(C)(C)C#N)nc1-c1cc[nH]c1. The van der Waals surface area contributed by atoms with Crippen molar-refractivity contribution in [3.05, 3.63) is 28.3 Å². The number of nitrogens with one attached hydrogen (secondary N) is 1. The maximum Gasteiger partial charge on any atom is 0.113 e. The van der Waals surface area contributed by atoms with Gasteiger partial charge in [-0.25, -0.2) is 4.98 Å². The normalized spacial score (nSPS) is 11.4. The van der Waals surface area contributed by atoms with Crippen LogP contribution in [0.4, 0.5) is 0 Å². The fourth-order valence-electron chi connectivity index (χ4n) is 1.45. The van der Waals surface area contributed by atoms with E-state index in [4.69, 9.17) is 5.26 Å². The molecule has 0 atom stereocenters. The topological polar surface area (TPSA) is 52.5 Å². The van der Waals surface area contributed by atoms with E-state index < -0.39 is 5.41 Å². The number of hydrogen-bond donors (Lipinski definition) is 1. The Morgan fingerprint density at radius 1 is 1.50 bits per heavy atom. The van der Waals surface area contributed by atoms with Crippen LogP contribution in [0.25, 0.3) is 11.3 Å². The van der Waals surface area contributed by atoms with Gasteiger partial charge in [0.1, 0.15) is 10.4 Å². The summed E-state index contributed by atoms with van der Waals surface area (Å²) in [5, 5.41) is 9.97. The van der Waals surface area contributed by atoms with Gasteiger partial charge in [-0.15, -0.1) is 11.3 Å². The Hall–Kier alpha value is -1.60. The molecule has 0 aliphatic rings.